The number of aromatic nitrogens is 1. The van der Waals surface area contributed by atoms with Crippen LogP contribution in [0.15, 0.2) is 48.8 Å². The molecule has 0 spiro atoms. The zero-order valence-corrected chi connectivity index (χ0v) is 31.9. The van der Waals surface area contributed by atoms with Crippen molar-refractivity contribution >= 4 is 0 Å². The Balaban J connectivity index is 1.58. The van der Waals surface area contributed by atoms with E-state index in [0.717, 1.165) is 6.54 Å². The lowest BCUT2D eigenvalue weighted by Gasteiger charge is -2.10. The molecule has 0 saturated heterocycles. The number of aryl methyl sites for hydroxylation is 2. The molecule has 1 heterocycles. The van der Waals surface area contributed by atoms with Crippen molar-refractivity contribution in [3.63, 3.8) is 0 Å². The van der Waals surface area contributed by atoms with Crippen molar-refractivity contribution in [2.45, 2.75) is 226 Å². The van der Waals surface area contributed by atoms with E-state index in [2.05, 4.69) is 67.2 Å². The zero-order chi connectivity index (χ0) is 33.3. The molecule has 0 radical (unpaired) electrons. The van der Waals surface area contributed by atoms with E-state index in [0.29, 0.717) is 0 Å². The van der Waals surface area contributed by atoms with Gasteiger partial charge in [-0.15, -0.1) is 0 Å². The molecule has 0 aliphatic rings. The molecule has 0 N–H and O–H groups in total. The molecule has 268 valence electrons. The Kier molecular flexibility index (Phi) is 28.0. The van der Waals surface area contributed by atoms with Gasteiger partial charge in [0.1, 0.15) is 0 Å². The second kappa shape index (κ2) is 31.6. The molecular weight excluding hydrogens is 567 g/mol. The van der Waals surface area contributed by atoms with Gasteiger partial charge in [0.2, 0.25) is 0 Å². The van der Waals surface area contributed by atoms with Gasteiger partial charge < -0.3 is 0 Å². The van der Waals surface area contributed by atoms with Crippen LogP contribution in [0.25, 0.3) is 0 Å². The van der Waals surface area contributed by atoms with E-state index in [4.69, 9.17) is 0 Å². The Bertz CT molecular complexity index is 918. The molecular formula is C46H80N+. The van der Waals surface area contributed by atoms with Gasteiger partial charge in [0.15, 0.2) is 18.9 Å². The number of benzene rings is 1. The zero-order valence-electron chi connectivity index (χ0n) is 31.9. The number of rotatable bonds is 34. The number of nitrogens with zero attached hydrogens (tertiary/aromatic N) is 1. The Hall–Kier alpha value is -1.63. The lowest BCUT2D eigenvalue weighted by molar-refractivity contribution is -0.688. The summed E-state index contributed by atoms with van der Waals surface area (Å²) in [6, 6.07) is 13.4. The monoisotopic (exact) mass is 647 g/mol. The van der Waals surface area contributed by atoms with Crippen LogP contribution >= 0.6 is 0 Å². The highest BCUT2D eigenvalue weighted by atomic mass is 14.9. The molecule has 0 amide bonds. The molecule has 0 bridgehead atoms. The van der Waals surface area contributed by atoms with Crippen LogP contribution in [-0.4, -0.2) is 0 Å². The summed E-state index contributed by atoms with van der Waals surface area (Å²) < 4.78 is 2.42. The highest BCUT2D eigenvalue weighted by Crippen LogP contribution is 2.18. The van der Waals surface area contributed by atoms with Gasteiger partial charge in [-0.3, -0.25) is 0 Å². The number of unbranched alkanes of at least 4 members (excludes halogenated alkanes) is 28. The summed E-state index contributed by atoms with van der Waals surface area (Å²) >= 11 is 0. The van der Waals surface area contributed by atoms with Crippen LogP contribution in [0, 0.1) is 0 Å². The molecule has 0 fully saturated rings. The highest BCUT2D eigenvalue weighted by Gasteiger charge is 2.11. The van der Waals surface area contributed by atoms with Crippen LogP contribution in [0.5, 0.6) is 0 Å². The third-order valence-corrected chi connectivity index (χ3v) is 10.5. The quantitative estimate of drug-likeness (QED) is 0.0526. The standard InChI is InChI=1S/C46H80N/c1-3-5-7-9-11-13-15-17-19-21-23-25-27-29-34-38-45-40-41-47(42-44-36-32-31-33-37-44)43-46(45)39-35-30-28-26-24-22-20-18-16-14-12-10-8-6-4-2/h31-33,36-37,40-41,43H,3-30,34-35,38-39,42H2,1-2H3/q+1. The van der Waals surface area contributed by atoms with Crippen LogP contribution in [0.2, 0.25) is 0 Å². The Labute approximate surface area is 295 Å². The molecule has 0 saturated carbocycles. The van der Waals surface area contributed by atoms with Gasteiger partial charge in [-0.05, 0) is 31.2 Å². The third kappa shape index (κ3) is 24.2. The molecule has 2 aromatic rings. The lowest BCUT2D eigenvalue weighted by Crippen LogP contribution is -2.34. The minimum absolute atomic E-state index is 0.978. The van der Waals surface area contributed by atoms with E-state index in [-0.39, 0.29) is 0 Å². The Morgan fingerprint density at radius 2 is 0.702 bits per heavy atom. The maximum absolute atomic E-state index is 2.48. The maximum atomic E-state index is 2.48. The summed E-state index contributed by atoms with van der Waals surface area (Å²) in [5.74, 6) is 0. The van der Waals surface area contributed by atoms with E-state index in [1.807, 2.05) is 0 Å². The summed E-state index contributed by atoms with van der Waals surface area (Å²) in [6.07, 6.45) is 50.4. The Morgan fingerprint density at radius 1 is 0.362 bits per heavy atom. The minimum atomic E-state index is 0.978. The molecule has 1 nitrogen and oxygen atoms in total. The number of pyridine rings is 1. The predicted octanol–water partition coefficient (Wildman–Crippen LogP) is 14.9. The van der Waals surface area contributed by atoms with E-state index >= 15 is 0 Å². The van der Waals surface area contributed by atoms with Crippen molar-refractivity contribution in [1.82, 2.24) is 0 Å². The second-order valence-corrected chi connectivity index (χ2v) is 15.1. The fourth-order valence-corrected chi connectivity index (χ4v) is 7.35. The molecule has 1 aromatic carbocycles. The first-order chi connectivity index (χ1) is 23.3. The van der Waals surface area contributed by atoms with E-state index in [1.54, 1.807) is 11.1 Å². The normalized spacial score (nSPS) is 11.4. The topological polar surface area (TPSA) is 3.88 Å². The van der Waals surface area contributed by atoms with Crippen molar-refractivity contribution in [2.24, 2.45) is 0 Å². The van der Waals surface area contributed by atoms with E-state index in [1.165, 1.54) is 211 Å². The number of hydrogen-bond donors (Lipinski definition) is 0. The molecule has 0 aliphatic heterocycles. The average molecular weight is 647 g/mol. The van der Waals surface area contributed by atoms with Crippen molar-refractivity contribution in [2.75, 3.05) is 0 Å². The highest BCUT2D eigenvalue weighted by molar-refractivity contribution is 5.22. The summed E-state index contributed by atoms with van der Waals surface area (Å²) in [4.78, 5) is 0. The van der Waals surface area contributed by atoms with Crippen LogP contribution < -0.4 is 4.57 Å². The average Bonchev–Trinajstić information content (AvgIpc) is 3.09. The smallest absolute Gasteiger partial charge is 0.173 e. The largest absolute Gasteiger partial charge is 0.200 e. The minimum Gasteiger partial charge on any atom is -0.200 e. The van der Waals surface area contributed by atoms with Crippen molar-refractivity contribution < 1.29 is 4.57 Å². The summed E-state index contributed by atoms with van der Waals surface area (Å²) in [5.41, 5.74) is 4.63. The summed E-state index contributed by atoms with van der Waals surface area (Å²) in [6.45, 7) is 5.60. The first kappa shape index (κ1) is 41.5. The van der Waals surface area contributed by atoms with Crippen LogP contribution in [0.3, 0.4) is 0 Å². The van der Waals surface area contributed by atoms with Crippen LogP contribution in [0.4, 0.5) is 0 Å². The summed E-state index contributed by atoms with van der Waals surface area (Å²) in [5, 5.41) is 0. The molecule has 0 aliphatic carbocycles. The fourth-order valence-electron chi connectivity index (χ4n) is 7.35. The SMILES string of the molecule is CCCCCCCCCCCCCCCCCc1cc[n+](Cc2ccccc2)cc1CCCCCCCCCCCCCCCCC. The maximum Gasteiger partial charge on any atom is 0.173 e. The molecule has 2 rings (SSSR count). The molecule has 1 aromatic heterocycles. The molecule has 1 heteroatoms. The Morgan fingerprint density at radius 3 is 1.09 bits per heavy atom. The molecule has 47 heavy (non-hydrogen) atoms. The van der Waals surface area contributed by atoms with Crippen LogP contribution in [0.1, 0.15) is 223 Å². The van der Waals surface area contributed by atoms with Gasteiger partial charge in [-0.1, -0.05) is 224 Å². The van der Waals surface area contributed by atoms with E-state index < -0.39 is 0 Å². The third-order valence-electron chi connectivity index (χ3n) is 10.5. The van der Waals surface area contributed by atoms with Gasteiger partial charge in [0, 0.05) is 17.2 Å². The van der Waals surface area contributed by atoms with E-state index in [9.17, 15) is 0 Å². The fraction of sp³-hybridized carbons (Fsp3) is 0.761. The second-order valence-electron chi connectivity index (χ2n) is 15.1. The van der Waals surface area contributed by atoms with Gasteiger partial charge >= 0.3 is 0 Å². The first-order valence-electron chi connectivity index (χ1n) is 21.4. The molecule has 0 atom stereocenters. The van der Waals surface area contributed by atoms with Crippen molar-refractivity contribution in [3.8, 4) is 0 Å². The van der Waals surface area contributed by atoms with Crippen molar-refractivity contribution in [1.29, 1.82) is 0 Å². The van der Waals surface area contributed by atoms with Crippen LogP contribution in [-0.2, 0) is 19.4 Å². The number of hydrogen-bond acceptors (Lipinski definition) is 0. The molecule has 0 unspecified atom stereocenters. The predicted molar refractivity (Wildman–Crippen MR) is 209 cm³/mol. The van der Waals surface area contributed by atoms with Crippen molar-refractivity contribution in [3.05, 3.63) is 65.5 Å². The first-order valence-corrected chi connectivity index (χ1v) is 21.4. The van der Waals surface area contributed by atoms with Gasteiger partial charge in [0.05, 0.1) is 0 Å². The van der Waals surface area contributed by atoms with Gasteiger partial charge in [-0.2, -0.15) is 0 Å². The lowest BCUT2D eigenvalue weighted by atomic mass is 9.97. The van der Waals surface area contributed by atoms with Gasteiger partial charge in [-0.25, -0.2) is 4.57 Å². The van der Waals surface area contributed by atoms with Gasteiger partial charge in [0.25, 0.3) is 0 Å². The summed E-state index contributed by atoms with van der Waals surface area (Å²) in [7, 11) is 0.